The Morgan fingerprint density at radius 3 is 2.82 bits per heavy atom. The average Bonchev–Trinajstić information content (AvgIpc) is 2.37. The van der Waals surface area contributed by atoms with Crippen LogP contribution >= 0.6 is 0 Å². The van der Waals surface area contributed by atoms with Crippen LogP contribution in [0.1, 0.15) is 25.5 Å². The Morgan fingerprint density at radius 2 is 2.06 bits per heavy atom. The fraction of sp³-hybridized carbons (Fsp3) is 0.357. The van der Waals surface area contributed by atoms with E-state index in [1.165, 1.54) is 0 Å². The highest BCUT2D eigenvalue weighted by molar-refractivity contribution is 5.85. The highest BCUT2D eigenvalue weighted by atomic mass is 16.5. The largest absolute Gasteiger partial charge is 0.377 e. The lowest BCUT2D eigenvalue weighted by molar-refractivity contribution is 0.0577. The Bertz CT molecular complexity index is 493. The van der Waals surface area contributed by atoms with E-state index in [1.807, 2.05) is 44.4 Å². The smallest absolute Gasteiger partial charge is 0.0740 e. The molecule has 0 saturated heterocycles. The summed E-state index contributed by atoms with van der Waals surface area (Å²) in [5, 5.41) is 2.27. The number of nitrogens with two attached hydrogens (primary N) is 1. The maximum Gasteiger partial charge on any atom is 0.0740 e. The van der Waals surface area contributed by atoms with Gasteiger partial charge in [0.2, 0.25) is 0 Å². The zero-order valence-electron chi connectivity index (χ0n) is 10.3. The summed E-state index contributed by atoms with van der Waals surface area (Å²) in [6.45, 7) is 4.65. The molecule has 2 atom stereocenters. The summed E-state index contributed by atoms with van der Waals surface area (Å²) < 4.78 is 5.55. The van der Waals surface area contributed by atoms with Crippen molar-refractivity contribution in [2.45, 2.75) is 26.0 Å². The molecule has 0 fully saturated rings. The number of aromatic nitrogens is 1. The minimum Gasteiger partial charge on any atom is -0.377 e. The van der Waals surface area contributed by atoms with Crippen LogP contribution in [0.2, 0.25) is 0 Å². The molecule has 0 spiro atoms. The number of hydrogen-bond donors (Lipinski definition) is 1. The predicted molar refractivity (Wildman–Crippen MR) is 69.8 cm³/mol. The van der Waals surface area contributed by atoms with Crippen LogP contribution in [0.3, 0.4) is 0 Å². The third-order valence-electron chi connectivity index (χ3n) is 2.99. The fourth-order valence-corrected chi connectivity index (χ4v) is 2.02. The van der Waals surface area contributed by atoms with E-state index >= 15 is 0 Å². The lowest BCUT2D eigenvalue weighted by Gasteiger charge is -2.21. The lowest BCUT2D eigenvalue weighted by Crippen LogP contribution is -2.26. The van der Waals surface area contributed by atoms with Crippen molar-refractivity contribution in [1.29, 1.82) is 0 Å². The van der Waals surface area contributed by atoms with E-state index < -0.39 is 0 Å². The van der Waals surface area contributed by atoms with Crippen molar-refractivity contribution >= 4 is 10.8 Å². The number of benzene rings is 1. The van der Waals surface area contributed by atoms with Crippen LogP contribution < -0.4 is 5.73 Å². The van der Waals surface area contributed by atoms with Gasteiger partial charge in [0.1, 0.15) is 0 Å². The first kappa shape index (κ1) is 12.0. The molecule has 1 heterocycles. The molecular weight excluding hydrogens is 212 g/mol. The van der Waals surface area contributed by atoms with Gasteiger partial charge in [-0.2, -0.15) is 0 Å². The molecular formula is C14H18N2O. The van der Waals surface area contributed by atoms with Crippen molar-refractivity contribution in [1.82, 2.24) is 4.98 Å². The summed E-state index contributed by atoms with van der Waals surface area (Å²) in [4.78, 5) is 4.24. The average molecular weight is 230 g/mol. The van der Waals surface area contributed by atoms with Gasteiger partial charge in [0.25, 0.3) is 0 Å². The Labute approximate surface area is 102 Å². The number of ether oxygens (including phenoxy) is 1. The lowest BCUT2D eigenvalue weighted by atomic mass is 9.99. The molecule has 0 radical (unpaired) electrons. The quantitative estimate of drug-likeness (QED) is 0.878. The van der Waals surface area contributed by atoms with Gasteiger partial charge in [0, 0.05) is 24.4 Å². The molecule has 2 aromatic rings. The third-order valence-corrected chi connectivity index (χ3v) is 2.99. The van der Waals surface area contributed by atoms with Crippen LogP contribution in [0.4, 0.5) is 0 Å². The molecule has 90 valence electrons. The molecule has 1 aromatic heterocycles. The molecule has 0 bridgehead atoms. The van der Waals surface area contributed by atoms with Crippen LogP contribution in [0, 0.1) is 0 Å². The minimum atomic E-state index is -0.145. The van der Waals surface area contributed by atoms with Gasteiger partial charge in [-0.1, -0.05) is 24.3 Å². The normalized spacial score (nSPS) is 14.8. The number of nitrogens with zero attached hydrogens (tertiary/aromatic N) is 1. The van der Waals surface area contributed by atoms with E-state index in [4.69, 9.17) is 10.5 Å². The Hall–Kier alpha value is -1.45. The zero-order chi connectivity index (χ0) is 12.3. The van der Waals surface area contributed by atoms with Crippen LogP contribution in [0.15, 0.2) is 36.7 Å². The molecule has 3 heteroatoms. The van der Waals surface area contributed by atoms with E-state index in [9.17, 15) is 0 Å². The molecule has 17 heavy (non-hydrogen) atoms. The van der Waals surface area contributed by atoms with E-state index in [0.717, 1.165) is 16.3 Å². The molecule has 0 amide bonds. The van der Waals surface area contributed by atoms with Gasteiger partial charge in [-0.05, 0) is 24.8 Å². The highest BCUT2D eigenvalue weighted by Crippen LogP contribution is 2.24. The van der Waals surface area contributed by atoms with E-state index in [1.54, 1.807) is 0 Å². The molecule has 2 N–H and O–H groups in total. The topological polar surface area (TPSA) is 48.1 Å². The zero-order valence-corrected chi connectivity index (χ0v) is 10.3. The second-order valence-electron chi connectivity index (χ2n) is 4.14. The maximum absolute atomic E-state index is 6.23. The molecule has 0 aliphatic carbocycles. The molecule has 3 nitrogen and oxygen atoms in total. The summed E-state index contributed by atoms with van der Waals surface area (Å²) in [5.74, 6) is 0. The second-order valence-corrected chi connectivity index (χ2v) is 4.14. The summed E-state index contributed by atoms with van der Waals surface area (Å²) in [7, 11) is 0. The van der Waals surface area contributed by atoms with Gasteiger partial charge >= 0.3 is 0 Å². The molecule has 1 aromatic carbocycles. The highest BCUT2D eigenvalue weighted by Gasteiger charge is 2.17. The van der Waals surface area contributed by atoms with Crippen molar-refractivity contribution in [3.8, 4) is 0 Å². The van der Waals surface area contributed by atoms with Crippen LogP contribution in [-0.2, 0) is 4.74 Å². The summed E-state index contributed by atoms with van der Waals surface area (Å²) in [6.07, 6.45) is 3.69. The van der Waals surface area contributed by atoms with Crippen molar-refractivity contribution in [2.24, 2.45) is 5.73 Å². The molecule has 2 unspecified atom stereocenters. The number of fused-ring (bicyclic) bond motifs is 1. The first-order chi connectivity index (χ1) is 8.24. The molecule has 0 aliphatic heterocycles. The molecule has 2 rings (SSSR count). The summed E-state index contributed by atoms with van der Waals surface area (Å²) in [5.41, 5.74) is 7.27. The van der Waals surface area contributed by atoms with Crippen molar-refractivity contribution in [3.63, 3.8) is 0 Å². The van der Waals surface area contributed by atoms with Gasteiger partial charge in [0.05, 0.1) is 12.1 Å². The third kappa shape index (κ3) is 2.46. The molecule has 0 aliphatic rings. The standard InChI is InChI=1S/C14H18N2O/c1-3-17-10(2)14(15)13-9-16-8-11-6-4-5-7-12(11)13/h4-10,14H,3,15H2,1-2H3. The number of rotatable bonds is 4. The van der Waals surface area contributed by atoms with Crippen molar-refractivity contribution in [2.75, 3.05) is 6.61 Å². The first-order valence-electron chi connectivity index (χ1n) is 5.94. The Kier molecular flexibility index (Phi) is 3.71. The van der Waals surface area contributed by atoms with Gasteiger partial charge in [-0.3, -0.25) is 4.98 Å². The van der Waals surface area contributed by atoms with Gasteiger partial charge in [-0.25, -0.2) is 0 Å². The first-order valence-corrected chi connectivity index (χ1v) is 5.94. The molecule has 0 saturated carbocycles. The van der Waals surface area contributed by atoms with Crippen molar-refractivity contribution in [3.05, 3.63) is 42.2 Å². The van der Waals surface area contributed by atoms with Gasteiger partial charge < -0.3 is 10.5 Å². The van der Waals surface area contributed by atoms with Gasteiger partial charge in [0.15, 0.2) is 0 Å². The second kappa shape index (κ2) is 5.25. The fourth-order valence-electron chi connectivity index (χ4n) is 2.02. The number of hydrogen-bond acceptors (Lipinski definition) is 3. The van der Waals surface area contributed by atoms with E-state index in [0.29, 0.717) is 6.61 Å². The van der Waals surface area contributed by atoms with Crippen LogP contribution in [0.25, 0.3) is 10.8 Å². The summed E-state index contributed by atoms with van der Waals surface area (Å²) in [6, 6.07) is 8.00. The number of pyridine rings is 1. The SMILES string of the molecule is CCOC(C)C(N)c1cncc2ccccc12. The van der Waals surface area contributed by atoms with E-state index in [2.05, 4.69) is 11.1 Å². The predicted octanol–water partition coefficient (Wildman–Crippen LogP) is 2.66. The van der Waals surface area contributed by atoms with Crippen LogP contribution in [0.5, 0.6) is 0 Å². The Morgan fingerprint density at radius 1 is 1.29 bits per heavy atom. The van der Waals surface area contributed by atoms with E-state index in [-0.39, 0.29) is 12.1 Å². The van der Waals surface area contributed by atoms with Crippen LogP contribution in [-0.4, -0.2) is 17.7 Å². The minimum absolute atomic E-state index is 0.00685. The van der Waals surface area contributed by atoms with Gasteiger partial charge in [-0.15, -0.1) is 0 Å². The maximum atomic E-state index is 6.23. The Balaban J connectivity index is 2.41. The monoisotopic (exact) mass is 230 g/mol. The van der Waals surface area contributed by atoms with Crippen molar-refractivity contribution < 1.29 is 4.74 Å². The summed E-state index contributed by atoms with van der Waals surface area (Å²) >= 11 is 0.